The fourth-order valence-electron chi connectivity index (χ4n) is 8.68. The first kappa shape index (κ1) is 25.4. The van der Waals surface area contributed by atoms with Crippen LogP contribution in [0.4, 0.5) is 0 Å². The highest BCUT2D eigenvalue weighted by Gasteiger charge is 2.85. The average molecular weight is 521 g/mol. The summed E-state index contributed by atoms with van der Waals surface area (Å²) in [6.45, 7) is 18.9. The lowest BCUT2D eigenvalue weighted by atomic mass is 9.58. The fraction of sp³-hybridized carbons (Fsp3) is 0.808. The number of hydrogen-bond donors (Lipinski definition) is 0. The van der Waals surface area contributed by atoms with Crippen LogP contribution in [0.25, 0.3) is 0 Å². The van der Waals surface area contributed by atoms with Gasteiger partial charge in [-0.15, -0.1) is 0 Å². The summed E-state index contributed by atoms with van der Waals surface area (Å²) in [6, 6.07) is 0. The number of ketones is 1. The first-order chi connectivity index (χ1) is 16.0. The van der Waals surface area contributed by atoms with Gasteiger partial charge in [0.2, 0.25) is 0 Å². The first-order valence-electron chi connectivity index (χ1n) is 12.9. The third-order valence-corrected chi connectivity index (χ3v) is 11.4. The number of carbonyl (C=O) groups is 3. The zero-order chi connectivity index (χ0) is 25.9. The van der Waals surface area contributed by atoms with Crippen LogP contribution in [0.2, 0.25) is 39.3 Å². The zero-order valence-corrected chi connectivity index (χ0v) is 24.4. The van der Waals surface area contributed by atoms with Crippen molar-refractivity contribution < 1.29 is 32.7 Å². The third-order valence-electron chi connectivity index (χ3n) is 9.45. The van der Waals surface area contributed by atoms with Gasteiger partial charge in [0, 0.05) is 30.6 Å². The molecule has 5 rings (SSSR count). The number of methoxy groups -OCH3 is 1. The Bertz CT molecular complexity index is 1010. The van der Waals surface area contributed by atoms with Gasteiger partial charge < -0.3 is 18.3 Å². The molecule has 0 radical (unpaired) electrons. The van der Waals surface area contributed by atoms with Crippen molar-refractivity contribution in [1.29, 1.82) is 0 Å². The molecule has 1 heterocycles. The minimum absolute atomic E-state index is 0.152. The molecule has 5 aliphatic rings. The molecular weight excluding hydrogens is 480 g/mol. The van der Waals surface area contributed by atoms with Crippen molar-refractivity contribution in [3.05, 3.63) is 12.2 Å². The topological polar surface area (TPSA) is 88.1 Å². The first-order valence-corrected chi connectivity index (χ1v) is 19.7. The molecule has 35 heavy (non-hydrogen) atoms. The Morgan fingerprint density at radius 1 is 1.06 bits per heavy atom. The molecule has 9 heteroatoms. The molecule has 9 atom stereocenters. The Labute approximate surface area is 210 Å². The Morgan fingerprint density at radius 3 is 2.26 bits per heavy atom. The summed E-state index contributed by atoms with van der Waals surface area (Å²) < 4.78 is 25.4. The Hall–Kier alpha value is -1.30. The van der Waals surface area contributed by atoms with Gasteiger partial charge >= 0.3 is 11.9 Å². The molecule has 1 spiro atoms. The lowest BCUT2D eigenvalue weighted by Crippen LogP contribution is -2.63. The number of Topliss-reactive ketones (excluding diaryl/α,β-unsaturated/α-hetero) is 1. The van der Waals surface area contributed by atoms with E-state index in [1.54, 1.807) is 0 Å². The van der Waals surface area contributed by atoms with E-state index in [4.69, 9.17) is 18.3 Å². The third kappa shape index (κ3) is 3.30. The summed E-state index contributed by atoms with van der Waals surface area (Å²) in [5, 5.41) is 0. The quantitative estimate of drug-likeness (QED) is 0.306. The van der Waals surface area contributed by atoms with E-state index in [0.717, 1.165) is 5.57 Å². The molecule has 0 N–H and O–H groups in total. The minimum atomic E-state index is -2.12. The van der Waals surface area contributed by atoms with Crippen molar-refractivity contribution in [1.82, 2.24) is 0 Å². The van der Waals surface area contributed by atoms with E-state index >= 15 is 0 Å². The summed E-state index contributed by atoms with van der Waals surface area (Å²) >= 11 is 0. The molecule has 3 unspecified atom stereocenters. The second-order valence-corrected chi connectivity index (χ2v) is 22.7. The summed E-state index contributed by atoms with van der Waals surface area (Å²) in [4.78, 5) is 40.7. The van der Waals surface area contributed by atoms with Gasteiger partial charge in [-0.3, -0.25) is 14.4 Å². The Kier molecular flexibility index (Phi) is 5.35. The number of carbonyl (C=O) groups excluding carboxylic acids is 3. The van der Waals surface area contributed by atoms with Crippen LogP contribution in [0.5, 0.6) is 0 Å². The Balaban J connectivity index is 1.73. The smallest absolute Gasteiger partial charge is 0.315 e. The van der Waals surface area contributed by atoms with Crippen molar-refractivity contribution in [2.24, 2.45) is 34.5 Å². The maximum absolute atomic E-state index is 13.9. The molecule has 194 valence electrons. The van der Waals surface area contributed by atoms with Crippen LogP contribution >= 0.6 is 0 Å². The van der Waals surface area contributed by atoms with Crippen molar-refractivity contribution in [2.75, 3.05) is 7.11 Å². The lowest BCUT2D eigenvalue weighted by Gasteiger charge is -2.51. The van der Waals surface area contributed by atoms with Gasteiger partial charge in [-0.25, -0.2) is 0 Å². The minimum Gasteiger partial charge on any atom is -0.469 e. The standard InChI is InChI=1S/C26H40O7Si2/c1-14-11-25-12-15(14)16(27)10-18(25)26-13-17(32-34(4,5)6)21(33-35(7,8)9)24(2,23(29)31-26)20(26)19(25)22(28)30-3/h15,17-21H,1,10-13H2,2-9H3/t15-,17+,18?,19-,20?,21+,24?,25+,26-/m1/s1. The predicted molar refractivity (Wildman–Crippen MR) is 134 cm³/mol. The van der Waals surface area contributed by atoms with Crippen LogP contribution in [0.15, 0.2) is 12.2 Å². The van der Waals surface area contributed by atoms with Crippen LogP contribution in [0.1, 0.15) is 32.6 Å². The van der Waals surface area contributed by atoms with Crippen molar-refractivity contribution in [2.45, 2.75) is 89.7 Å². The van der Waals surface area contributed by atoms with Crippen LogP contribution < -0.4 is 0 Å². The van der Waals surface area contributed by atoms with Gasteiger partial charge in [0.05, 0.1) is 30.7 Å². The summed E-state index contributed by atoms with van der Waals surface area (Å²) in [7, 11) is -2.74. The molecule has 0 aromatic heterocycles. The van der Waals surface area contributed by atoms with E-state index in [2.05, 4.69) is 45.9 Å². The molecule has 5 fully saturated rings. The second kappa shape index (κ2) is 7.39. The SMILES string of the molecule is C=C1C[C@]23C[C@H]1C(=O)CC2[C@@]12C[C@H](O[Si](C)(C)C)[C@H](O[Si](C)(C)C)C(C)(C(=O)O1)C2[C@@H]3C(=O)OC. The molecular formula is C26H40O7Si2. The second-order valence-electron chi connectivity index (χ2n) is 13.8. The fourth-order valence-corrected chi connectivity index (χ4v) is 11.0. The number of fused-ring (bicyclic) bond motifs is 1. The van der Waals surface area contributed by atoms with Crippen LogP contribution in [-0.4, -0.2) is 59.3 Å². The number of hydrogen-bond acceptors (Lipinski definition) is 7. The molecule has 1 saturated heterocycles. The number of allylic oxidation sites excluding steroid dienone is 1. The molecule has 1 aliphatic heterocycles. The number of rotatable bonds is 5. The van der Waals surface area contributed by atoms with Crippen molar-refractivity contribution in [3.8, 4) is 0 Å². The van der Waals surface area contributed by atoms with E-state index in [1.165, 1.54) is 7.11 Å². The number of ether oxygens (including phenoxy) is 2. The van der Waals surface area contributed by atoms with Crippen LogP contribution in [0.3, 0.4) is 0 Å². The molecule has 4 saturated carbocycles. The molecule has 7 nitrogen and oxygen atoms in total. The van der Waals surface area contributed by atoms with Crippen molar-refractivity contribution in [3.63, 3.8) is 0 Å². The summed E-state index contributed by atoms with van der Waals surface area (Å²) in [5.74, 6) is -1.95. The van der Waals surface area contributed by atoms with E-state index < -0.39 is 51.0 Å². The highest BCUT2D eigenvalue weighted by Crippen LogP contribution is 2.78. The monoisotopic (exact) mass is 520 g/mol. The zero-order valence-electron chi connectivity index (χ0n) is 22.4. The molecule has 0 aromatic rings. The maximum atomic E-state index is 13.9. The normalized spacial score (nSPS) is 46.3. The van der Waals surface area contributed by atoms with Gasteiger partial charge in [0.25, 0.3) is 0 Å². The van der Waals surface area contributed by atoms with Gasteiger partial charge in [-0.2, -0.15) is 0 Å². The lowest BCUT2D eigenvalue weighted by molar-refractivity contribution is -0.165. The molecule has 0 aromatic carbocycles. The van der Waals surface area contributed by atoms with Crippen molar-refractivity contribution >= 4 is 34.4 Å². The highest BCUT2D eigenvalue weighted by molar-refractivity contribution is 6.70. The average Bonchev–Trinajstić information content (AvgIpc) is 3.19. The van der Waals surface area contributed by atoms with Gasteiger partial charge in [-0.05, 0) is 64.5 Å². The maximum Gasteiger partial charge on any atom is 0.315 e. The van der Waals surface area contributed by atoms with Gasteiger partial charge in [0.15, 0.2) is 16.6 Å². The van der Waals surface area contributed by atoms with Gasteiger partial charge in [0.1, 0.15) is 11.4 Å². The van der Waals surface area contributed by atoms with Crippen LogP contribution in [0, 0.1) is 34.5 Å². The molecule has 4 aliphatic carbocycles. The van der Waals surface area contributed by atoms with E-state index in [9.17, 15) is 14.4 Å². The summed E-state index contributed by atoms with van der Waals surface area (Å²) in [6.07, 6.45) is 1.07. The largest absolute Gasteiger partial charge is 0.469 e. The van der Waals surface area contributed by atoms with E-state index in [0.29, 0.717) is 25.7 Å². The van der Waals surface area contributed by atoms with Crippen LogP contribution in [-0.2, 0) is 32.7 Å². The highest BCUT2D eigenvalue weighted by atomic mass is 28.4. The Morgan fingerprint density at radius 2 is 1.69 bits per heavy atom. The predicted octanol–water partition coefficient (Wildman–Crippen LogP) is 4.09. The molecule has 4 bridgehead atoms. The van der Waals surface area contributed by atoms with E-state index in [1.807, 2.05) is 6.92 Å². The molecule has 0 amide bonds. The van der Waals surface area contributed by atoms with Gasteiger partial charge in [-0.1, -0.05) is 12.2 Å². The number of esters is 2. The summed E-state index contributed by atoms with van der Waals surface area (Å²) in [5.41, 5.74) is -1.61. The van der Waals surface area contributed by atoms with E-state index in [-0.39, 0.29) is 35.7 Å².